The Hall–Kier alpha value is 0.470. The van der Waals surface area contributed by atoms with Crippen LogP contribution in [0, 0.1) is 0 Å². The highest BCUT2D eigenvalue weighted by molar-refractivity contribution is 8.55. The molecule has 2 heterocycles. The van der Waals surface area contributed by atoms with E-state index in [4.69, 9.17) is 39.2 Å². The Balaban J connectivity index is 1.87. The van der Waals surface area contributed by atoms with Crippen LogP contribution in [0.3, 0.4) is 0 Å². The van der Waals surface area contributed by atoms with Gasteiger partial charge >= 0.3 is 6.80 Å². The maximum Gasteiger partial charge on any atom is 0.387 e. The lowest BCUT2D eigenvalue weighted by Gasteiger charge is -2.24. The SMILES string of the molecule is [B][C@H]1CC(OC(C)C)[C@@H](COP(=O)(O)SC2C[C@H]([B])O[C@@H]2COC(C)C)O1. The van der Waals surface area contributed by atoms with Crippen LogP contribution in [0.5, 0.6) is 0 Å². The first kappa shape index (κ1) is 23.7. The highest BCUT2D eigenvalue weighted by Crippen LogP contribution is 2.60. The molecule has 0 aromatic carbocycles. The van der Waals surface area contributed by atoms with Gasteiger partial charge in [-0.1, -0.05) is 0 Å². The molecule has 0 bridgehead atoms. The molecule has 0 aromatic rings. The van der Waals surface area contributed by atoms with Crippen molar-refractivity contribution in [2.45, 2.75) is 88.3 Å². The van der Waals surface area contributed by atoms with E-state index in [9.17, 15) is 9.46 Å². The summed E-state index contributed by atoms with van der Waals surface area (Å²) in [5.74, 6) is 0. The van der Waals surface area contributed by atoms with Crippen LogP contribution in [-0.4, -0.2) is 81.6 Å². The standard InChI is InChI=1S/C16H29B2O7PS/c1-9(2)21-7-13-14(6-16(18)25-13)27-26(19,20)22-8-12-11(23-10(3)4)5-15(17)24-12/h9-16H,5-8H2,1-4H3,(H,19,20)/t11?,12-,13-,14?,15-,16-/m1/s1. The first-order valence-corrected chi connectivity index (χ1v) is 12.4. The predicted octanol–water partition coefficient (Wildman–Crippen LogP) is 1.99. The van der Waals surface area contributed by atoms with Crippen LogP contribution in [0.2, 0.25) is 0 Å². The summed E-state index contributed by atoms with van der Waals surface area (Å²) in [4.78, 5) is 10.3. The number of ether oxygens (including phenoxy) is 4. The molecule has 2 saturated heterocycles. The minimum Gasteiger partial charge on any atom is -0.381 e. The van der Waals surface area contributed by atoms with Gasteiger partial charge in [0.2, 0.25) is 0 Å². The summed E-state index contributed by atoms with van der Waals surface area (Å²) in [7, 11) is 11.7. The van der Waals surface area contributed by atoms with E-state index >= 15 is 0 Å². The largest absolute Gasteiger partial charge is 0.387 e. The molecule has 0 saturated carbocycles. The second kappa shape index (κ2) is 10.5. The summed E-state index contributed by atoms with van der Waals surface area (Å²) in [6.07, 6.45) is -0.0880. The molecule has 0 aliphatic carbocycles. The summed E-state index contributed by atoms with van der Waals surface area (Å²) in [6, 6.07) is -0.949. The van der Waals surface area contributed by atoms with Crippen LogP contribution in [0.25, 0.3) is 0 Å². The van der Waals surface area contributed by atoms with E-state index < -0.39 is 24.9 Å². The highest BCUT2D eigenvalue weighted by atomic mass is 32.7. The minimum absolute atomic E-state index is 0.000506. The fourth-order valence-corrected chi connectivity index (χ4v) is 6.40. The molecule has 0 amide bonds. The average Bonchev–Trinajstić information content (AvgIpc) is 3.04. The van der Waals surface area contributed by atoms with E-state index in [-0.39, 0.29) is 36.3 Å². The summed E-state index contributed by atoms with van der Waals surface area (Å²) in [5.41, 5.74) is 0. The molecule has 2 rings (SSSR count). The fraction of sp³-hybridized carbons (Fsp3) is 1.00. The minimum atomic E-state index is -3.94. The van der Waals surface area contributed by atoms with Crippen LogP contribution < -0.4 is 0 Å². The normalized spacial score (nSPS) is 36.6. The second-order valence-corrected chi connectivity index (χ2v) is 11.4. The molecule has 4 radical (unpaired) electrons. The highest BCUT2D eigenvalue weighted by Gasteiger charge is 2.41. The van der Waals surface area contributed by atoms with Crippen molar-refractivity contribution in [1.82, 2.24) is 0 Å². The molecule has 7 atom stereocenters. The van der Waals surface area contributed by atoms with E-state index in [1.165, 1.54) is 0 Å². The molecule has 152 valence electrons. The molecule has 2 aliphatic rings. The van der Waals surface area contributed by atoms with Gasteiger partial charge in [0.15, 0.2) is 0 Å². The van der Waals surface area contributed by atoms with Gasteiger partial charge in [0.05, 0.1) is 37.6 Å². The topological polar surface area (TPSA) is 83.5 Å². The van der Waals surface area contributed by atoms with Crippen molar-refractivity contribution in [3.8, 4) is 0 Å². The third-order valence-electron chi connectivity index (χ3n) is 4.17. The lowest BCUT2D eigenvalue weighted by Crippen LogP contribution is -2.31. The Kier molecular flexibility index (Phi) is 9.22. The second-order valence-electron chi connectivity index (χ2n) is 7.41. The van der Waals surface area contributed by atoms with E-state index in [0.29, 0.717) is 19.4 Å². The van der Waals surface area contributed by atoms with Crippen LogP contribution in [-0.2, 0) is 28.0 Å². The molecule has 1 N–H and O–H groups in total. The fourth-order valence-electron chi connectivity index (χ4n) is 3.05. The Morgan fingerprint density at radius 3 is 2.33 bits per heavy atom. The molecule has 0 spiro atoms. The van der Waals surface area contributed by atoms with Crippen molar-refractivity contribution in [3.05, 3.63) is 0 Å². The molecular formula is C16H29B2O7PS. The van der Waals surface area contributed by atoms with E-state index in [1.807, 2.05) is 27.7 Å². The van der Waals surface area contributed by atoms with Crippen molar-refractivity contribution in [2.24, 2.45) is 0 Å². The van der Waals surface area contributed by atoms with Gasteiger partial charge in [0, 0.05) is 17.3 Å². The van der Waals surface area contributed by atoms with Gasteiger partial charge in [0.25, 0.3) is 0 Å². The Bertz CT molecular complexity index is 513. The molecule has 0 aromatic heterocycles. The van der Waals surface area contributed by atoms with E-state index in [2.05, 4.69) is 0 Å². The summed E-state index contributed by atoms with van der Waals surface area (Å²) in [5, 5.41) is -0.288. The molecule has 2 aliphatic heterocycles. The Labute approximate surface area is 168 Å². The Morgan fingerprint density at radius 2 is 1.70 bits per heavy atom. The third-order valence-corrected chi connectivity index (χ3v) is 7.61. The van der Waals surface area contributed by atoms with Gasteiger partial charge in [-0.3, -0.25) is 4.52 Å². The molecular weight excluding hydrogens is 389 g/mol. The van der Waals surface area contributed by atoms with Gasteiger partial charge < -0.3 is 23.8 Å². The molecule has 11 heteroatoms. The zero-order chi connectivity index (χ0) is 20.2. The van der Waals surface area contributed by atoms with Crippen molar-refractivity contribution < 1.29 is 32.9 Å². The monoisotopic (exact) mass is 418 g/mol. The van der Waals surface area contributed by atoms with Gasteiger partial charge in [-0.05, 0) is 51.9 Å². The maximum atomic E-state index is 12.6. The molecule has 2 fully saturated rings. The van der Waals surface area contributed by atoms with E-state index in [1.54, 1.807) is 0 Å². The van der Waals surface area contributed by atoms with Gasteiger partial charge in [0.1, 0.15) is 21.8 Å². The van der Waals surface area contributed by atoms with Crippen molar-refractivity contribution in [3.63, 3.8) is 0 Å². The molecule has 27 heavy (non-hydrogen) atoms. The van der Waals surface area contributed by atoms with Crippen LogP contribution in [0.4, 0.5) is 0 Å². The van der Waals surface area contributed by atoms with Crippen molar-refractivity contribution >= 4 is 33.9 Å². The number of hydrogen-bond acceptors (Lipinski definition) is 7. The smallest absolute Gasteiger partial charge is 0.381 e. The first-order chi connectivity index (χ1) is 12.6. The average molecular weight is 418 g/mol. The summed E-state index contributed by atoms with van der Waals surface area (Å²) >= 11 is 0.849. The van der Waals surface area contributed by atoms with Crippen molar-refractivity contribution in [1.29, 1.82) is 0 Å². The summed E-state index contributed by atoms with van der Waals surface area (Å²) in [6.45, 7) is 3.97. The van der Waals surface area contributed by atoms with Gasteiger partial charge in [-0.25, -0.2) is 4.57 Å². The van der Waals surface area contributed by atoms with E-state index in [0.717, 1.165) is 11.4 Å². The zero-order valence-corrected chi connectivity index (χ0v) is 18.1. The van der Waals surface area contributed by atoms with Crippen molar-refractivity contribution in [2.75, 3.05) is 13.2 Å². The maximum absolute atomic E-state index is 12.6. The Morgan fingerprint density at radius 1 is 1.07 bits per heavy atom. The first-order valence-electron chi connectivity index (χ1n) is 9.30. The number of rotatable bonds is 10. The predicted molar refractivity (Wildman–Crippen MR) is 106 cm³/mol. The van der Waals surface area contributed by atoms with Gasteiger partial charge in [-0.2, -0.15) is 0 Å². The van der Waals surface area contributed by atoms with Crippen LogP contribution in [0.1, 0.15) is 40.5 Å². The third kappa shape index (κ3) is 8.01. The molecule has 3 unspecified atom stereocenters. The van der Waals surface area contributed by atoms with Crippen LogP contribution in [0.15, 0.2) is 0 Å². The summed E-state index contributed by atoms with van der Waals surface area (Å²) < 4.78 is 40.4. The molecule has 7 nitrogen and oxygen atoms in total. The lowest BCUT2D eigenvalue weighted by molar-refractivity contribution is -0.0547. The zero-order valence-electron chi connectivity index (χ0n) is 16.4. The quantitative estimate of drug-likeness (QED) is 0.426. The number of hydrogen-bond donors (Lipinski definition) is 1. The lowest BCUT2D eigenvalue weighted by atomic mass is 9.96. The van der Waals surface area contributed by atoms with Gasteiger partial charge in [-0.15, -0.1) is 0 Å². The van der Waals surface area contributed by atoms with Crippen LogP contribution >= 0.6 is 18.2 Å².